The molecule has 6 heteroatoms. The molecular weight excluding hydrogens is 318 g/mol. The number of rotatable bonds is 6. The molecule has 0 aliphatic heterocycles. The molecule has 0 saturated heterocycles. The monoisotopic (exact) mass is 339 g/mol. The van der Waals surface area contributed by atoms with Crippen LogP contribution in [-0.4, -0.2) is 23.8 Å². The second-order valence-electron chi connectivity index (χ2n) is 5.99. The van der Waals surface area contributed by atoms with Crippen LogP contribution in [0.15, 0.2) is 48.5 Å². The summed E-state index contributed by atoms with van der Waals surface area (Å²) in [5.41, 5.74) is 7.43. The van der Waals surface area contributed by atoms with Crippen molar-refractivity contribution in [2.24, 2.45) is 5.73 Å². The molecule has 0 spiro atoms. The SMILES string of the molecule is CC(C)NC(=O)Cc1ccc(NC(=O)c2ccc(C(N)=O)cc2)cc1. The third kappa shape index (κ3) is 5.46. The van der Waals surface area contributed by atoms with Gasteiger partial charge in [0.2, 0.25) is 11.8 Å². The van der Waals surface area contributed by atoms with Gasteiger partial charge in [0.1, 0.15) is 0 Å². The molecule has 2 rings (SSSR count). The number of nitrogens with one attached hydrogen (secondary N) is 2. The number of primary amides is 1. The van der Waals surface area contributed by atoms with Crippen LogP contribution in [0.3, 0.4) is 0 Å². The van der Waals surface area contributed by atoms with E-state index < -0.39 is 5.91 Å². The Balaban J connectivity index is 1.97. The Morgan fingerprint density at radius 2 is 1.48 bits per heavy atom. The zero-order valence-electron chi connectivity index (χ0n) is 14.2. The fourth-order valence-electron chi connectivity index (χ4n) is 2.25. The quantitative estimate of drug-likeness (QED) is 0.751. The number of anilines is 1. The molecular formula is C19H21N3O3. The minimum absolute atomic E-state index is 0.0404. The molecule has 0 bridgehead atoms. The first-order valence-electron chi connectivity index (χ1n) is 7.94. The van der Waals surface area contributed by atoms with Crippen molar-refractivity contribution in [2.45, 2.75) is 26.3 Å². The molecule has 4 N–H and O–H groups in total. The van der Waals surface area contributed by atoms with Crippen molar-refractivity contribution >= 4 is 23.4 Å². The van der Waals surface area contributed by atoms with Crippen LogP contribution in [0.5, 0.6) is 0 Å². The van der Waals surface area contributed by atoms with Gasteiger partial charge in [0.15, 0.2) is 0 Å². The Morgan fingerprint density at radius 1 is 0.920 bits per heavy atom. The molecule has 6 nitrogen and oxygen atoms in total. The van der Waals surface area contributed by atoms with Crippen molar-refractivity contribution < 1.29 is 14.4 Å². The molecule has 0 heterocycles. The normalized spacial score (nSPS) is 10.4. The van der Waals surface area contributed by atoms with Gasteiger partial charge in [0.05, 0.1) is 6.42 Å². The summed E-state index contributed by atoms with van der Waals surface area (Å²) >= 11 is 0. The number of nitrogens with two attached hydrogens (primary N) is 1. The summed E-state index contributed by atoms with van der Waals surface area (Å²) in [6.07, 6.45) is 0.293. The van der Waals surface area contributed by atoms with Crippen molar-refractivity contribution in [1.29, 1.82) is 0 Å². The molecule has 2 aromatic carbocycles. The van der Waals surface area contributed by atoms with E-state index in [1.54, 1.807) is 36.4 Å². The summed E-state index contributed by atoms with van der Waals surface area (Å²) in [7, 11) is 0. The van der Waals surface area contributed by atoms with E-state index in [0.29, 0.717) is 23.2 Å². The fourth-order valence-corrected chi connectivity index (χ4v) is 2.25. The largest absolute Gasteiger partial charge is 0.366 e. The summed E-state index contributed by atoms with van der Waals surface area (Å²) in [6, 6.07) is 13.3. The first kappa shape index (κ1) is 18.2. The maximum Gasteiger partial charge on any atom is 0.255 e. The van der Waals surface area contributed by atoms with Gasteiger partial charge in [-0.25, -0.2) is 0 Å². The van der Waals surface area contributed by atoms with Crippen LogP contribution in [0.2, 0.25) is 0 Å². The Kier molecular flexibility index (Phi) is 5.89. The van der Waals surface area contributed by atoms with Crippen molar-refractivity contribution in [2.75, 3.05) is 5.32 Å². The number of benzene rings is 2. The standard InChI is InChI=1S/C19H21N3O3/c1-12(2)21-17(23)11-13-3-9-16(10-4-13)22-19(25)15-7-5-14(6-8-15)18(20)24/h3-10,12H,11H2,1-2H3,(H2,20,24)(H,21,23)(H,22,25). The molecule has 25 heavy (non-hydrogen) atoms. The van der Waals surface area contributed by atoms with E-state index in [1.807, 2.05) is 13.8 Å². The predicted molar refractivity (Wildman–Crippen MR) is 96.3 cm³/mol. The van der Waals surface area contributed by atoms with Gasteiger partial charge in [-0.3, -0.25) is 14.4 Å². The van der Waals surface area contributed by atoms with Crippen molar-refractivity contribution in [1.82, 2.24) is 5.32 Å². The summed E-state index contributed by atoms with van der Waals surface area (Å²) in [6.45, 7) is 3.82. The van der Waals surface area contributed by atoms with E-state index >= 15 is 0 Å². The lowest BCUT2D eigenvalue weighted by atomic mass is 10.1. The van der Waals surface area contributed by atoms with Gasteiger partial charge in [0, 0.05) is 22.9 Å². The van der Waals surface area contributed by atoms with Crippen LogP contribution in [-0.2, 0) is 11.2 Å². The summed E-state index contributed by atoms with van der Waals surface area (Å²) in [4.78, 5) is 35.0. The molecule has 0 atom stereocenters. The summed E-state index contributed by atoms with van der Waals surface area (Å²) in [5, 5.41) is 5.59. The highest BCUT2D eigenvalue weighted by Crippen LogP contribution is 2.12. The zero-order valence-corrected chi connectivity index (χ0v) is 14.2. The molecule has 0 aliphatic rings. The van der Waals surface area contributed by atoms with Crippen LogP contribution in [0.25, 0.3) is 0 Å². The van der Waals surface area contributed by atoms with Gasteiger partial charge in [-0.05, 0) is 55.8 Å². The molecule has 0 unspecified atom stereocenters. The van der Waals surface area contributed by atoms with Gasteiger partial charge in [0.25, 0.3) is 5.91 Å². The van der Waals surface area contributed by atoms with Crippen molar-refractivity contribution in [3.05, 3.63) is 65.2 Å². The third-order valence-corrected chi connectivity index (χ3v) is 3.46. The smallest absolute Gasteiger partial charge is 0.255 e. The first-order valence-corrected chi connectivity index (χ1v) is 7.94. The minimum Gasteiger partial charge on any atom is -0.366 e. The molecule has 0 saturated carbocycles. The van der Waals surface area contributed by atoms with Crippen molar-refractivity contribution in [3.63, 3.8) is 0 Å². The Labute approximate surface area is 146 Å². The van der Waals surface area contributed by atoms with Crippen LogP contribution < -0.4 is 16.4 Å². The van der Waals surface area contributed by atoms with Gasteiger partial charge >= 0.3 is 0 Å². The second kappa shape index (κ2) is 8.10. The average molecular weight is 339 g/mol. The lowest BCUT2D eigenvalue weighted by Gasteiger charge is -2.09. The van der Waals surface area contributed by atoms with E-state index in [2.05, 4.69) is 10.6 Å². The summed E-state index contributed by atoms with van der Waals surface area (Å²) < 4.78 is 0. The van der Waals surface area contributed by atoms with Gasteiger partial charge in [-0.15, -0.1) is 0 Å². The number of carbonyl (C=O) groups is 3. The fraction of sp³-hybridized carbons (Fsp3) is 0.211. The number of amides is 3. The van der Waals surface area contributed by atoms with Gasteiger partial charge in [-0.2, -0.15) is 0 Å². The first-order chi connectivity index (χ1) is 11.8. The Morgan fingerprint density at radius 3 is 2.00 bits per heavy atom. The number of carbonyl (C=O) groups excluding carboxylic acids is 3. The molecule has 0 radical (unpaired) electrons. The van der Waals surface area contributed by atoms with E-state index in [9.17, 15) is 14.4 Å². The van der Waals surface area contributed by atoms with E-state index in [0.717, 1.165) is 5.56 Å². The number of hydrogen-bond donors (Lipinski definition) is 3. The van der Waals surface area contributed by atoms with E-state index in [1.165, 1.54) is 12.1 Å². The molecule has 130 valence electrons. The maximum atomic E-state index is 12.2. The zero-order chi connectivity index (χ0) is 18.4. The second-order valence-corrected chi connectivity index (χ2v) is 5.99. The van der Waals surface area contributed by atoms with Crippen LogP contribution in [0.4, 0.5) is 5.69 Å². The molecule has 0 aromatic heterocycles. The van der Waals surface area contributed by atoms with Crippen molar-refractivity contribution in [3.8, 4) is 0 Å². The Bertz CT molecular complexity index is 766. The lowest BCUT2D eigenvalue weighted by molar-refractivity contribution is -0.120. The molecule has 0 aliphatic carbocycles. The van der Waals surface area contributed by atoms with E-state index in [-0.39, 0.29) is 17.9 Å². The van der Waals surface area contributed by atoms with Crippen LogP contribution in [0.1, 0.15) is 40.1 Å². The topological polar surface area (TPSA) is 101 Å². The van der Waals surface area contributed by atoms with Gasteiger partial charge < -0.3 is 16.4 Å². The molecule has 2 aromatic rings. The van der Waals surface area contributed by atoms with Gasteiger partial charge in [-0.1, -0.05) is 12.1 Å². The minimum atomic E-state index is -0.538. The highest BCUT2D eigenvalue weighted by Gasteiger charge is 2.09. The van der Waals surface area contributed by atoms with Crippen LogP contribution in [0, 0.1) is 0 Å². The number of hydrogen-bond acceptors (Lipinski definition) is 3. The molecule has 3 amide bonds. The van der Waals surface area contributed by atoms with E-state index in [4.69, 9.17) is 5.73 Å². The maximum absolute atomic E-state index is 12.2. The predicted octanol–water partition coefficient (Wildman–Crippen LogP) is 2.10. The third-order valence-electron chi connectivity index (χ3n) is 3.46. The highest BCUT2D eigenvalue weighted by atomic mass is 16.2. The highest BCUT2D eigenvalue weighted by molar-refractivity contribution is 6.05. The summed E-state index contributed by atoms with van der Waals surface area (Å²) in [5.74, 6) is -0.869. The lowest BCUT2D eigenvalue weighted by Crippen LogP contribution is -2.31. The average Bonchev–Trinajstić information content (AvgIpc) is 2.56. The van der Waals surface area contributed by atoms with Crippen LogP contribution >= 0.6 is 0 Å². The Hall–Kier alpha value is -3.15. The molecule has 0 fully saturated rings.